The lowest BCUT2D eigenvalue weighted by Gasteiger charge is -2.31. The van der Waals surface area contributed by atoms with Crippen molar-refractivity contribution in [3.63, 3.8) is 0 Å². The number of carbonyl (C=O) groups excluding carboxylic acids is 1. The zero-order chi connectivity index (χ0) is 11.0. The molecular formula is C12H12N2O2. The second-order valence-corrected chi connectivity index (χ2v) is 4.16. The number of furan rings is 1. The van der Waals surface area contributed by atoms with Crippen LogP contribution in [0.25, 0.3) is 0 Å². The summed E-state index contributed by atoms with van der Waals surface area (Å²) in [7, 11) is 0. The van der Waals surface area contributed by atoms with Gasteiger partial charge < -0.3 is 4.42 Å². The van der Waals surface area contributed by atoms with Crippen molar-refractivity contribution in [3.8, 4) is 0 Å². The van der Waals surface area contributed by atoms with E-state index in [0.717, 1.165) is 18.6 Å². The van der Waals surface area contributed by atoms with Crippen molar-refractivity contribution in [1.29, 1.82) is 0 Å². The van der Waals surface area contributed by atoms with Crippen LogP contribution >= 0.6 is 0 Å². The fourth-order valence-corrected chi connectivity index (χ4v) is 2.25. The van der Waals surface area contributed by atoms with Gasteiger partial charge in [0.25, 0.3) is 0 Å². The first-order valence-corrected chi connectivity index (χ1v) is 5.41. The normalized spacial score (nSPS) is 28.9. The molecule has 1 aromatic rings. The Kier molecular flexibility index (Phi) is 2.13. The van der Waals surface area contributed by atoms with Gasteiger partial charge in [-0.25, -0.2) is 5.43 Å². The maximum absolute atomic E-state index is 11.5. The first kappa shape index (κ1) is 9.39. The van der Waals surface area contributed by atoms with Crippen molar-refractivity contribution in [2.75, 3.05) is 0 Å². The van der Waals surface area contributed by atoms with Crippen LogP contribution in [0.15, 0.2) is 40.1 Å². The molecule has 1 aromatic heterocycles. The highest BCUT2D eigenvalue weighted by Gasteiger charge is 2.38. The molecule has 2 aliphatic rings. The molecule has 2 atom stereocenters. The van der Waals surface area contributed by atoms with Crippen LogP contribution in [0.4, 0.5) is 0 Å². The molecule has 0 unspecified atom stereocenters. The molecule has 1 amide bonds. The number of hydrazone groups is 1. The lowest BCUT2D eigenvalue weighted by Crippen LogP contribution is -2.35. The highest BCUT2D eigenvalue weighted by molar-refractivity contribution is 5.96. The Morgan fingerprint density at radius 2 is 2.50 bits per heavy atom. The van der Waals surface area contributed by atoms with Gasteiger partial charge in [0.15, 0.2) is 5.76 Å². The van der Waals surface area contributed by atoms with Crippen LogP contribution in [0.1, 0.15) is 23.4 Å². The summed E-state index contributed by atoms with van der Waals surface area (Å²) in [5, 5.41) is 4.15. The molecule has 0 aromatic carbocycles. The summed E-state index contributed by atoms with van der Waals surface area (Å²) in [6.07, 6.45) is 7.92. The van der Waals surface area contributed by atoms with Gasteiger partial charge in [-0.05, 0) is 30.9 Å². The molecule has 2 aliphatic carbocycles. The molecule has 16 heavy (non-hydrogen) atoms. The Morgan fingerprint density at radius 1 is 1.56 bits per heavy atom. The van der Waals surface area contributed by atoms with Crippen molar-refractivity contribution in [1.82, 2.24) is 5.43 Å². The van der Waals surface area contributed by atoms with Crippen LogP contribution in [0.2, 0.25) is 0 Å². The van der Waals surface area contributed by atoms with Gasteiger partial charge in [-0.15, -0.1) is 0 Å². The highest BCUT2D eigenvalue weighted by atomic mass is 16.3. The van der Waals surface area contributed by atoms with Gasteiger partial charge in [-0.3, -0.25) is 4.79 Å². The predicted molar refractivity (Wildman–Crippen MR) is 59.0 cm³/mol. The summed E-state index contributed by atoms with van der Waals surface area (Å²) in [5.74, 6) is 1.19. The first-order valence-electron chi connectivity index (χ1n) is 5.41. The Balaban J connectivity index is 1.61. The van der Waals surface area contributed by atoms with E-state index in [1.165, 1.54) is 6.26 Å². The van der Waals surface area contributed by atoms with Crippen molar-refractivity contribution >= 4 is 11.6 Å². The smallest absolute Gasteiger partial charge is 0.307 e. The molecule has 0 saturated heterocycles. The number of hydrogen-bond acceptors (Lipinski definition) is 3. The summed E-state index contributed by atoms with van der Waals surface area (Å²) in [6, 6.07) is 3.30. The minimum atomic E-state index is -0.285. The van der Waals surface area contributed by atoms with Crippen molar-refractivity contribution in [2.24, 2.45) is 16.9 Å². The molecule has 3 rings (SSSR count). The number of allylic oxidation sites excluding steroid dienone is 2. The van der Waals surface area contributed by atoms with Crippen LogP contribution in [-0.2, 0) is 0 Å². The predicted octanol–water partition coefficient (Wildman–Crippen LogP) is 1.96. The lowest BCUT2D eigenvalue weighted by atomic mass is 9.74. The van der Waals surface area contributed by atoms with Gasteiger partial charge in [0, 0.05) is 11.6 Å². The molecule has 4 heteroatoms. The average molecular weight is 216 g/mol. The van der Waals surface area contributed by atoms with E-state index in [1.807, 2.05) is 0 Å². The van der Waals surface area contributed by atoms with Crippen LogP contribution in [0.5, 0.6) is 0 Å². The third kappa shape index (κ3) is 1.46. The number of nitrogens with one attached hydrogen (secondary N) is 1. The molecular weight excluding hydrogens is 204 g/mol. The summed E-state index contributed by atoms with van der Waals surface area (Å²) in [4.78, 5) is 11.5. The second kappa shape index (κ2) is 3.63. The van der Waals surface area contributed by atoms with E-state index in [1.54, 1.807) is 12.1 Å². The number of rotatable bonds is 2. The fraction of sp³-hybridized carbons (Fsp3) is 0.333. The Labute approximate surface area is 93.0 Å². The van der Waals surface area contributed by atoms with Gasteiger partial charge in [0.05, 0.1) is 6.26 Å². The number of fused-ring (bicyclic) bond motifs is 1. The molecule has 0 aliphatic heterocycles. The molecule has 1 saturated carbocycles. The van der Waals surface area contributed by atoms with Crippen molar-refractivity contribution in [2.45, 2.75) is 12.8 Å². The van der Waals surface area contributed by atoms with Crippen molar-refractivity contribution < 1.29 is 9.21 Å². The first-order chi connectivity index (χ1) is 7.84. The van der Waals surface area contributed by atoms with Crippen LogP contribution in [0, 0.1) is 11.8 Å². The lowest BCUT2D eigenvalue weighted by molar-refractivity contribution is 0.0926. The standard InChI is InChI=1S/C12H12N2O2/c15-12(11-5-2-6-16-11)14-13-10-7-8-3-1-4-9(8)10/h1-3,5-6,8-9H,4,7H2,(H,14,15)/t8-,9-/m1/s1. The zero-order valence-electron chi connectivity index (χ0n) is 8.72. The largest absolute Gasteiger partial charge is 0.459 e. The topological polar surface area (TPSA) is 54.6 Å². The van der Waals surface area contributed by atoms with Gasteiger partial charge in [-0.2, -0.15) is 5.10 Å². The SMILES string of the molecule is O=C(NN=C1C[C@H]2C=CC[C@@H]12)c1ccco1. The Bertz CT molecular complexity index is 459. The molecule has 1 fully saturated rings. The van der Waals surface area contributed by atoms with Crippen LogP contribution in [-0.4, -0.2) is 11.6 Å². The van der Waals surface area contributed by atoms with Crippen LogP contribution < -0.4 is 5.43 Å². The summed E-state index contributed by atoms with van der Waals surface area (Å²) in [5.41, 5.74) is 3.62. The minimum Gasteiger partial charge on any atom is -0.459 e. The number of carbonyl (C=O) groups is 1. The Hall–Kier alpha value is -1.84. The maximum Gasteiger partial charge on any atom is 0.307 e. The zero-order valence-corrected chi connectivity index (χ0v) is 8.72. The molecule has 0 bridgehead atoms. The minimum absolute atomic E-state index is 0.285. The fourth-order valence-electron chi connectivity index (χ4n) is 2.25. The molecule has 0 spiro atoms. The Morgan fingerprint density at radius 3 is 3.25 bits per heavy atom. The number of amides is 1. The summed E-state index contributed by atoms with van der Waals surface area (Å²) in [6.45, 7) is 0. The van der Waals surface area contributed by atoms with Crippen LogP contribution in [0.3, 0.4) is 0 Å². The molecule has 1 N–H and O–H groups in total. The third-order valence-corrected chi connectivity index (χ3v) is 3.21. The van der Waals surface area contributed by atoms with Crippen molar-refractivity contribution in [3.05, 3.63) is 36.3 Å². The average Bonchev–Trinajstić information content (AvgIpc) is 2.88. The monoisotopic (exact) mass is 216 g/mol. The van der Waals surface area contributed by atoms with E-state index >= 15 is 0 Å². The van der Waals surface area contributed by atoms with Gasteiger partial charge in [-0.1, -0.05) is 12.2 Å². The highest BCUT2D eigenvalue weighted by Crippen LogP contribution is 2.39. The van der Waals surface area contributed by atoms with Gasteiger partial charge in [0.1, 0.15) is 0 Å². The number of nitrogens with zero attached hydrogens (tertiary/aromatic N) is 1. The number of hydrogen-bond donors (Lipinski definition) is 1. The quantitative estimate of drug-likeness (QED) is 0.607. The van der Waals surface area contributed by atoms with E-state index < -0.39 is 0 Å². The van der Waals surface area contributed by atoms with E-state index in [-0.39, 0.29) is 5.91 Å². The molecule has 82 valence electrons. The van der Waals surface area contributed by atoms with E-state index in [9.17, 15) is 4.79 Å². The van der Waals surface area contributed by atoms with Gasteiger partial charge in [0.2, 0.25) is 0 Å². The van der Waals surface area contributed by atoms with Gasteiger partial charge >= 0.3 is 5.91 Å². The second-order valence-electron chi connectivity index (χ2n) is 4.16. The molecule has 0 radical (unpaired) electrons. The van der Waals surface area contributed by atoms with E-state index in [2.05, 4.69) is 22.7 Å². The maximum atomic E-state index is 11.5. The van der Waals surface area contributed by atoms with E-state index in [0.29, 0.717) is 17.6 Å². The third-order valence-electron chi connectivity index (χ3n) is 3.21. The van der Waals surface area contributed by atoms with E-state index in [4.69, 9.17) is 4.42 Å². The summed E-state index contributed by atoms with van der Waals surface area (Å²) < 4.78 is 4.97. The summed E-state index contributed by atoms with van der Waals surface area (Å²) >= 11 is 0. The molecule has 1 heterocycles. The molecule has 4 nitrogen and oxygen atoms in total.